The predicted octanol–water partition coefficient (Wildman–Crippen LogP) is 1.42. The number of nitrogen functional groups attached to an aromatic ring is 1. The number of aromatic nitrogens is 2. The summed E-state index contributed by atoms with van der Waals surface area (Å²) in [5.41, 5.74) is 4.56. The summed E-state index contributed by atoms with van der Waals surface area (Å²) in [4.78, 5) is 40.9. The molecule has 4 N–H and O–H groups in total. The molecule has 1 amide bonds. The largest absolute Gasteiger partial charge is 0.383 e. The Morgan fingerprint density at radius 3 is 2.62 bits per heavy atom. The Balaban J connectivity index is 1.92. The Kier molecular flexibility index (Phi) is 7.19. The smallest absolute Gasteiger partial charge is 0.330 e. The number of nitrogens with two attached hydrogens (primary N) is 1. The molecule has 10 nitrogen and oxygen atoms in total. The number of anilines is 2. The molecule has 3 rings (SSSR count). The zero-order chi connectivity index (χ0) is 23.5. The Bertz CT molecular complexity index is 1210. The van der Waals surface area contributed by atoms with Crippen molar-refractivity contribution in [2.24, 2.45) is 0 Å². The van der Waals surface area contributed by atoms with Crippen molar-refractivity contribution in [1.29, 1.82) is 0 Å². The number of rotatable bonds is 8. The Morgan fingerprint density at radius 2 is 1.97 bits per heavy atom. The Morgan fingerprint density at radius 1 is 1.28 bits per heavy atom. The highest BCUT2D eigenvalue weighted by Gasteiger charge is 2.26. The second-order valence-corrected chi connectivity index (χ2v) is 9.71. The van der Waals surface area contributed by atoms with Gasteiger partial charge in [0.25, 0.3) is 11.5 Å². The molecule has 0 atom stereocenters. The number of H-pyrrole nitrogens is 1. The van der Waals surface area contributed by atoms with Crippen LogP contribution in [0.4, 0.5) is 11.5 Å². The quantitative estimate of drug-likeness (QED) is 0.539. The van der Waals surface area contributed by atoms with Crippen molar-refractivity contribution in [3.05, 3.63) is 50.7 Å². The fourth-order valence-corrected chi connectivity index (χ4v) is 5.21. The number of amides is 1. The summed E-state index contributed by atoms with van der Waals surface area (Å²) in [7, 11) is -2.43. The molecule has 32 heavy (non-hydrogen) atoms. The van der Waals surface area contributed by atoms with Crippen LogP contribution in [-0.4, -0.2) is 37.0 Å². The second-order valence-electron chi connectivity index (χ2n) is 7.99. The molecule has 1 heterocycles. The highest BCUT2D eigenvalue weighted by Crippen LogP contribution is 2.22. The van der Waals surface area contributed by atoms with Gasteiger partial charge >= 0.3 is 5.69 Å². The number of unbranched alkanes of at least 4 members (excludes halogenated alkanes) is 1. The zero-order valence-electron chi connectivity index (χ0n) is 18.3. The first-order valence-corrected chi connectivity index (χ1v) is 12.2. The van der Waals surface area contributed by atoms with Crippen molar-refractivity contribution in [3.63, 3.8) is 0 Å². The number of carbonyl (C=O) groups excluding carboxylic acids is 1. The Labute approximate surface area is 186 Å². The van der Waals surface area contributed by atoms with E-state index in [1.54, 1.807) is 0 Å². The Hall–Kier alpha value is -2.92. The van der Waals surface area contributed by atoms with Gasteiger partial charge in [0, 0.05) is 25.2 Å². The average molecular weight is 464 g/mol. The molecular weight excluding hydrogens is 434 g/mol. The first-order chi connectivity index (χ1) is 15.2. The van der Waals surface area contributed by atoms with Gasteiger partial charge in [-0.05, 0) is 37.5 Å². The van der Waals surface area contributed by atoms with E-state index in [0.29, 0.717) is 13.0 Å². The van der Waals surface area contributed by atoms with E-state index in [1.807, 2.05) is 6.92 Å². The molecule has 2 aromatic rings. The van der Waals surface area contributed by atoms with Gasteiger partial charge in [-0.3, -0.25) is 19.1 Å². The van der Waals surface area contributed by atoms with Crippen LogP contribution in [0.1, 0.15) is 55.8 Å². The standard InChI is InChI=1S/C21H29N5O5S/c1-3-4-12-26-18(22)17(19(27)23-21(26)29)25(2)20(28)14-8-7-11-16(13-14)32(30,31)24-15-9-5-6-10-15/h7-8,11,13,15,24H,3-6,9-10,12,22H2,1-2H3,(H,23,27,29). The maximum Gasteiger partial charge on any atom is 0.330 e. The minimum atomic E-state index is -3.79. The molecule has 1 aliphatic rings. The summed E-state index contributed by atoms with van der Waals surface area (Å²) in [6.45, 7) is 2.25. The molecule has 0 saturated heterocycles. The monoisotopic (exact) mass is 463 g/mol. The van der Waals surface area contributed by atoms with Crippen LogP contribution in [0.15, 0.2) is 38.8 Å². The van der Waals surface area contributed by atoms with Crippen molar-refractivity contribution in [2.75, 3.05) is 17.7 Å². The van der Waals surface area contributed by atoms with Gasteiger partial charge in [-0.1, -0.05) is 32.3 Å². The minimum Gasteiger partial charge on any atom is -0.383 e. The van der Waals surface area contributed by atoms with Crippen molar-refractivity contribution in [1.82, 2.24) is 14.3 Å². The van der Waals surface area contributed by atoms with Crippen LogP contribution in [0.5, 0.6) is 0 Å². The molecule has 1 saturated carbocycles. The third kappa shape index (κ3) is 4.94. The van der Waals surface area contributed by atoms with Crippen LogP contribution in [-0.2, 0) is 16.6 Å². The van der Waals surface area contributed by atoms with Gasteiger partial charge in [-0.15, -0.1) is 0 Å². The highest BCUT2D eigenvalue weighted by atomic mass is 32.2. The number of benzene rings is 1. The maximum atomic E-state index is 13.1. The van der Waals surface area contributed by atoms with E-state index in [4.69, 9.17) is 5.73 Å². The summed E-state index contributed by atoms with van der Waals surface area (Å²) in [5.74, 6) is -0.740. The number of sulfonamides is 1. The number of hydrogen-bond acceptors (Lipinski definition) is 6. The normalized spacial score (nSPS) is 14.6. The summed E-state index contributed by atoms with van der Waals surface area (Å²) < 4.78 is 29.4. The van der Waals surface area contributed by atoms with Crippen LogP contribution in [0.25, 0.3) is 0 Å². The first-order valence-electron chi connectivity index (χ1n) is 10.7. The van der Waals surface area contributed by atoms with Crippen molar-refractivity contribution >= 4 is 27.4 Å². The van der Waals surface area contributed by atoms with E-state index in [-0.39, 0.29) is 28.0 Å². The van der Waals surface area contributed by atoms with Gasteiger partial charge in [-0.2, -0.15) is 0 Å². The van der Waals surface area contributed by atoms with Gasteiger partial charge in [-0.25, -0.2) is 17.9 Å². The van der Waals surface area contributed by atoms with E-state index in [1.165, 1.54) is 35.9 Å². The fourth-order valence-electron chi connectivity index (χ4n) is 3.86. The number of nitrogens with one attached hydrogen (secondary N) is 2. The van der Waals surface area contributed by atoms with Crippen LogP contribution in [0.2, 0.25) is 0 Å². The van der Waals surface area contributed by atoms with E-state index in [0.717, 1.165) is 37.0 Å². The highest BCUT2D eigenvalue weighted by molar-refractivity contribution is 7.89. The summed E-state index contributed by atoms with van der Waals surface area (Å²) >= 11 is 0. The van der Waals surface area contributed by atoms with E-state index < -0.39 is 27.2 Å². The van der Waals surface area contributed by atoms with Crippen LogP contribution in [0, 0.1) is 0 Å². The average Bonchev–Trinajstić information content (AvgIpc) is 3.25. The third-order valence-electron chi connectivity index (χ3n) is 5.66. The van der Waals surface area contributed by atoms with Gasteiger partial charge in [0.05, 0.1) is 4.90 Å². The summed E-state index contributed by atoms with van der Waals surface area (Å²) in [5, 5.41) is 0. The lowest BCUT2D eigenvalue weighted by molar-refractivity contribution is 0.0992. The molecule has 1 aromatic heterocycles. The molecule has 0 unspecified atom stereocenters. The van der Waals surface area contributed by atoms with Gasteiger partial charge in [0.15, 0.2) is 5.69 Å². The molecular formula is C21H29N5O5S. The lowest BCUT2D eigenvalue weighted by Crippen LogP contribution is -2.39. The molecule has 0 spiro atoms. The van der Waals surface area contributed by atoms with E-state index in [9.17, 15) is 22.8 Å². The van der Waals surface area contributed by atoms with Crippen molar-refractivity contribution in [2.45, 2.75) is 62.9 Å². The van der Waals surface area contributed by atoms with Gasteiger partial charge < -0.3 is 10.6 Å². The molecule has 0 bridgehead atoms. The number of aromatic amines is 1. The van der Waals surface area contributed by atoms with Crippen molar-refractivity contribution in [3.8, 4) is 0 Å². The SMILES string of the molecule is CCCCn1c(N)c(N(C)C(=O)c2cccc(S(=O)(=O)NC3CCCC3)c2)c(=O)[nH]c1=O. The number of hydrogen-bond donors (Lipinski definition) is 3. The summed E-state index contributed by atoms with van der Waals surface area (Å²) in [6.07, 6.45) is 5.01. The molecule has 1 fully saturated rings. The number of carbonyl (C=O) groups is 1. The van der Waals surface area contributed by atoms with E-state index in [2.05, 4.69) is 9.71 Å². The van der Waals surface area contributed by atoms with Crippen LogP contribution in [0.3, 0.4) is 0 Å². The summed E-state index contributed by atoms with van der Waals surface area (Å²) in [6, 6.07) is 5.52. The third-order valence-corrected chi connectivity index (χ3v) is 7.18. The lowest BCUT2D eigenvalue weighted by Gasteiger charge is -2.21. The van der Waals surface area contributed by atoms with Gasteiger partial charge in [0.1, 0.15) is 5.82 Å². The first kappa shape index (κ1) is 23.7. The second kappa shape index (κ2) is 9.70. The van der Waals surface area contributed by atoms with E-state index >= 15 is 0 Å². The maximum absolute atomic E-state index is 13.1. The van der Waals surface area contributed by atoms with Gasteiger partial charge in [0.2, 0.25) is 10.0 Å². The number of nitrogens with zero attached hydrogens (tertiary/aromatic N) is 2. The predicted molar refractivity (Wildman–Crippen MR) is 122 cm³/mol. The molecule has 174 valence electrons. The topological polar surface area (TPSA) is 147 Å². The van der Waals surface area contributed by atoms with Crippen LogP contribution < -0.4 is 26.6 Å². The fraction of sp³-hybridized carbons (Fsp3) is 0.476. The minimum absolute atomic E-state index is 0.0292. The van der Waals surface area contributed by atoms with Crippen LogP contribution >= 0.6 is 0 Å². The molecule has 0 radical (unpaired) electrons. The lowest BCUT2D eigenvalue weighted by atomic mass is 10.2. The molecule has 1 aromatic carbocycles. The molecule has 1 aliphatic carbocycles. The molecule has 11 heteroatoms. The van der Waals surface area contributed by atoms with Crippen molar-refractivity contribution < 1.29 is 13.2 Å². The molecule has 0 aliphatic heterocycles. The zero-order valence-corrected chi connectivity index (χ0v) is 19.1.